The van der Waals surface area contributed by atoms with Gasteiger partial charge in [-0.2, -0.15) is 0 Å². The molecular formula is C13H16BrNO5. The van der Waals surface area contributed by atoms with Crippen LogP contribution in [-0.4, -0.2) is 43.3 Å². The predicted molar refractivity (Wildman–Crippen MR) is 76.1 cm³/mol. The van der Waals surface area contributed by atoms with Crippen molar-refractivity contribution in [3.8, 4) is 5.75 Å². The highest BCUT2D eigenvalue weighted by molar-refractivity contribution is 9.10. The van der Waals surface area contributed by atoms with Crippen molar-refractivity contribution >= 4 is 27.8 Å². The number of aromatic carboxylic acids is 1. The average molecular weight is 346 g/mol. The Morgan fingerprint density at radius 1 is 1.45 bits per heavy atom. The van der Waals surface area contributed by atoms with Crippen molar-refractivity contribution in [2.24, 2.45) is 0 Å². The summed E-state index contributed by atoms with van der Waals surface area (Å²) in [6.07, 6.45) is -0.743. The van der Waals surface area contributed by atoms with Crippen molar-refractivity contribution in [1.82, 2.24) is 5.32 Å². The number of hydrogen-bond acceptors (Lipinski definition) is 4. The van der Waals surface area contributed by atoms with Crippen molar-refractivity contribution in [3.05, 3.63) is 28.2 Å². The molecular weight excluding hydrogens is 330 g/mol. The summed E-state index contributed by atoms with van der Waals surface area (Å²) < 4.78 is 10.9. The largest absolute Gasteiger partial charge is 0.480 e. The molecule has 2 N–H and O–H groups in total. The molecule has 0 aliphatic carbocycles. The molecule has 0 saturated heterocycles. The van der Waals surface area contributed by atoms with E-state index in [4.69, 9.17) is 14.6 Å². The first-order chi connectivity index (χ1) is 9.45. The molecule has 0 aliphatic rings. The molecule has 7 heteroatoms. The Bertz CT molecular complexity index is 492. The zero-order chi connectivity index (χ0) is 15.1. The van der Waals surface area contributed by atoms with Gasteiger partial charge in [0.1, 0.15) is 5.75 Å². The highest BCUT2D eigenvalue weighted by atomic mass is 79.9. The lowest BCUT2D eigenvalue weighted by Crippen LogP contribution is -2.38. The van der Waals surface area contributed by atoms with E-state index in [-0.39, 0.29) is 11.5 Å². The van der Waals surface area contributed by atoms with Crippen LogP contribution in [0.3, 0.4) is 0 Å². The van der Waals surface area contributed by atoms with Crippen LogP contribution in [0.25, 0.3) is 0 Å². The number of ether oxygens (including phenoxy) is 2. The van der Waals surface area contributed by atoms with Crippen LogP contribution in [0, 0.1) is 0 Å². The van der Waals surface area contributed by atoms with Gasteiger partial charge in [0.25, 0.3) is 5.91 Å². The van der Waals surface area contributed by atoms with Gasteiger partial charge >= 0.3 is 5.97 Å². The van der Waals surface area contributed by atoms with Crippen molar-refractivity contribution < 1.29 is 24.2 Å². The third-order valence-electron chi connectivity index (χ3n) is 2.46. The van der Waals surface area contributed by atoms with Crippen LogP contribution in [0.2, 0.25) is 0 Å². The molecule has 1 atom stereocenters. The van der Waals surface area contributed by atoms with Gasteiger partial charge in [-0.25, -0.2) is 4.79 Å². The van der Waals surface area contributed by atoms with Crippen molar-refractivity contribution in [1.29, 1.82) is 0 Å². The molecule has 0 aromatic heterocycles. The van der Waals surface area contributed by atoms with E-state index < -0.39 is 12.1 Å². The highest BCUT2D eigenvalue weighted by Crippen LogP contribution is 2.27. The van der Waals surface area contributed by atoms with Crippen LogP contribution >= 0.6 is 15.9 Å². The number of carbonyl (C=O) groups is 2. The van der Waals surface area contributed by atoms with Crippen molar-refractivity contribution in [3.63, 3.8) is 0 Å². The number of rotatable bonds is 7. The molecule has 0 aliphatic heterocycles. The van der Waals surface area contributed by atoms with Crippen LogP contribution in [-0.2, 0) is 9.53 Å². The number of halogens is 1. The predicted octanol–water partition coefficient (Wildman–Crippen LogP) is 1.68. The molecule has 1 rings (SSSR count). The first kappa shape index (κ1) is 16.5. The summed E-state index contributed by atoms with van der Waals surface area (Å²) in [5, 5.41) is 11.6. The second kappa shape index (κ2) is 7.86. The van der Waals surface area contributed by atoms with Gasteiger partial charge in [0.2, 0.25) is 0 Å². The molecule has 1 amide bonds. The highest BCUT2D eigenvalue weighted by Gasteiger charge is 2.16. The topological polar surface area (TPSA) is 84.9 Å². The van der Waals surface area contributed by atoms with Crippen molar-refractivity contribution in [2.45, 2.75) is 13.0 Å². The molecule has 1 unspecified atom stereocenters. The van der Waals surface area contributed by atoms with Gasteiger partial charge in [-0.1, -0.05) is 0 Å². The van der Waals surface area contributed by atoms with Gasteiger partial charge in [-0.3, -0.25) is 4.79 Å². The summed E-state index contributed by atoms with van der Waals surface area (Å²) in [7, 11) is 1.54. The van der Waals surface area contributed by atoms with E-state index in [0.717, 1.165) is 0 Å². The first-order valence-electron chi connectivity index (χ1n) is 5.92. The number of carboxylic acid groups (broad SMARTS) is 1. The third kappa shape index (κ3) is 4.82. The Labute approximate surface area is 125 Å². The van der Waals surface area contributed by atoms with Gasteiger partial charge < -0.3 is 19.9 Å². The molecule has 6 nitrogen and oxygen atoms in total. The molecule has 0 bridgehead atoms. The lowest BCUT2D eigenvalue weighted by atomic mass is 10.2. The van der Waals surface area contributed by atoms with Crippen LogP contribution in [0.15, 0.2) is 22.7 Å². The van der Waals surface area contributed by atoms with Crippen molar-refractivity contribution in [2.75, 3.05) is 20.3 Å². The molecule has 0 spiro atoms. The Balaban J connectivity index is 2.69. The molecule has 110 valence electrons. The van der Waals surface area contributed by atoms with E-state index >= 15 is 0 Å². The summed E-state index contributed by atoms with van der Waals surface area (Å²) in [6.45, 7) is 2.39. The van der Waals surface area contributed by atoms with Gasteiger partial charge in [-0.15, -0.1) is 0 Å². The SMILES string of the molecule is COCCNC(=O)C(C)Oc1cc(C(=O)O)ccc1Br. The zero-order valence-corrected chi connectivity index (χ0v) is 12.8. The minimum Gasteiger partial charge on any atom is -0.480 e. The first-order valence-corrected chi connectivity index (χ1v) is 6.71. The number of carbonyl (C=O) groups excluding carboxylic acids is 1. The molecule has 0 fully saturated rings. The van der Waals surface area contributed by atoms with E-state index in [9.17, 15) is 9.59 Å². The maximum atomic E-state index is 11.7. The van der Waals surface area contributed by atoms with E-state index in [2.05, 4.69) is 21.2 Å². The molecule has 0 saturated carbocycles. The van der Waals surface area contributed by atoms with Crippen LogP contribution < -0.4 is 10.1 Å². The molecule has 1 aromatic rings. The van der Waals surface area contributed by atoms with Gasteiger partial charge in [0.05, 0.1) is 16.6 Å². The van der Waals surface area contributed by atoms with Crippen LogP contribution in [0.1, 0.15) is 17.3 Å². The monoisotopic (exact) mass is 345 g/mol. The second-order valence-corrected chi connectivity index (χ2v) is 4.85. The summed E-state index contributed by atoms with van der Waals surface area (Å²) in [5.74, 6) is -1.05. The fourth-order valence-corrected chi connectivity index (χ4v) is 1.73. The summed E-state index contributed by atoms with van der Waals surface area (Å²) in [6, 6.07) is 4.38. The van der Waals surface area contributed by atoms with Crippen LogP contribution in [0.4, 0.5) is 0 Å². The Morgan fingerprint density at radius 3 is 2.75 bits per heavy atom. The van der Waals surface area contributed by atoms with Crippen LogP contribution in [0.5, 0.6) is 5.75 Å². The molecule has 0 heterocycles. The third-order valence-corrected chi connectivity index (χ3v) is 3.11. The summed E-state index contributed by atoms with van der Waals surface area (Å²) in [5.41, 5.74) is 0.0928. The fourth-order valence-electron chi connectivity index (χ4n) is 1.39. The summed E-state index contributed by atoms with van der Waals surface area (Å²) in [4.78, 5) is 22.6. The maximum absolute atomic E-state index is 11.7. The second-order valence-electron chi connectivity index (χ2n) is 3.99. The fraction of sp³-hybridized carbons (Fsp3) is 0.385. The number of nitrogens with one attached hydrogen (secondary N) is 1. The smallest absolute Gasteiger partial charge is 0.335 e. The minimum atomic E-state index is -1.06. The minimum absolute atomic E-state index is 0.0928. The van der Waals surface area contributed by atoms with Gasteiger partial charge in [0, 0.05) is 13.7 Å². The number of benzene rings is 1. The van der Waals surface area contributed by atoms with Gasteiger partial charge in [0.15, 0.2) is 6.10 Å². The Morgan fingerprint density at radius 2 is 2.15 bits per heavy atom. The van der Waals surface area contributed by atoms with Gasteiger partial charge in [-0.05, 0) is 41.1 Å². The Hall–Kier alpha value is -1.60. The Kier molecular flexibility index (Phi) is 6.47. The summed E-state index contributed by atoms with van der Waals surface area (Å²) >= 11 is 3.25. The average Bonchev–Trinajstić information content (AvgIpc) is 2.41. The van der Waals surface area contributed by atoms with E-state index in [1.807, 2.05) is 0 Å². The van der Waals surface area contributed by atoms with E-state index in [1.165, 1.54) is 12.1 Å². The lowest BCUT2D eigenvalue weighted by molar-refractivity contribution is -0.127. The molecule has 0 radical (unpaired) electrons. The maximum Gasteiger partial charge on any atom is 0.335 e. The normalized spacial score (nSPS) is 11.8. The molecule has 1 aromatic carbocycles. The van der Waals surface area contributed by atoms with E-state index in [0.29, 0.717) is 23.4 Å². The quantitative estimate of drug-likeness (QED) is 0.734. The standard InChI is InChI=1S/C13H16BrNO5/c1-8(12(16)15-5-6-19-2)20-11-7-9(13(17)18)3-4-10(11)14/h3-4,7-8H,5-6H2,1-2H3,(H,15,16)(H,17,18). The number of carboxylic acids is 1. The number of amides is 1. The number of hydrogen-bond donors (Lipinski definition) is 2. The lowest BCUT2D eigenvalue weighted by Gasteiger charge is -2.16. The molecule has 20 heavy (non-hydrogen) atoms. The zero-order valence-electron chi connectivity index (χ0n) is 11.2. The van der Waals surface area contributed by atoms with E-state index in [1.54, 1.807) is 20.1 Å². The number of methoxy groups -OCH3 is 1.